The van der Waals surface area contributed by atoms with E-state index in [0.29, 0.717) is 0 Å². The minimum Gasteiger partial charge on any atom is -0.264 e. The van der Waals surface area contributed by atoms with Gasteiger partial charge in [-0.25, -0.2) is 0 Å². The summed E-state index contributed by atoms with van der Waals surface area (Å²) in [6.07, 6.45) is 2.72. The fourth-order valence-electron chi connectivity index (χ4n) is 1.73. The van der Waals surface area contributed by atoms with Crippen molar-refractivity contribution in [1.82, 2.24) is 0 Å². The molecule has 0 aromatic heterocycles. The predicted octanol–water partition coefficient (Wildman–Crippen LogP) is 2.10. The normalized spacial score (nSPS) is 49.2. The Morgan fingerprint density at radius 1 is 1.40 bits per heavy atom. The van der Waals surface area contributed by atoms with Crippen molar-refractivity contribution in [2.24, 2.45) is 5.92 Å². The highest BCUT2D eigenvalue weighted by Gasteiger charge is 2.34. The van der Waals surface area contributed by atoms with Gasteiger partial charge in [0.05, 0.1) is 32.4 Å². The van der Waals surface area contributed by atoms with E-state index in [1.807, 2.05) is 0 Å². The number of likely N-dealkylation sites (tertiary alicyclic amines) is 1. The summed E-state index contributed by atoms with van der Waals surface area (Å²) in [5, 5.41) is 0. The average Bonchev–Trinajstić information content (AvgIpc) is 1.83. The van der Waals surface area contributed by atoms with Crippen LogP contribution >= 0.6 is 12.8 Å². The first-order valence-corrected chi connectivity index (χ1v) is 4.52. The Kier molecular flexibility index (Phi) is 2.31. The van der Waals surface area contributed by atoms with Gasteiger partial charge in [0.1, 0.15) is 0 Å². The smallest absolute Gasteiger partial charge is 0.0989 e. The molecule has 0 bridgehead atoms. The van der Waals surface area contributed by atoms with Crippen LogP contribution in [-0.4, -0.2) is 23.5 Å². The molecule has 0 radical (unpaired) electrons. The summed E-state index contributed by atoms with van der Waals surface area (Å²) in [6.45, 7) is 5.86. The first-order chi connectivity index (χ1) is 4.54. The average molecular weight is 160 g/mol. The van der Waals surface area contributed by atoms with Crippen molar-refractivity contribution in [2.45, 2.75) is 32.7 Å². The fourth-order valence-corrected chi connectivity index (χ4v) is 2.10. The molecule has 60 valence electrons. The largest absolute Gasteiger partial charge is 0.264 e. The lowest BCUT2D eigenvalue weighted by atomic mass is 9.93. The Bertz CT molecular complexity index is 122. The third-order valence-electron chi connectivity index (χ3n) is 2.97. The first kappa shape index (κ1) is 8.41. The molecule has 3 unspecified atom stereocenters. The molecule has 1 saturated heterocycles. The van der Waals surface area contributed by atoms with Crippen LogP contribution in [0.4, 0.5) is 0 Å². The molecular weight excluding hydrogens is 142 g/mol. The maximum absolute atomic E-state index is 4.61. The Labute approximate surface area is 69.5 Å². The summed E-state index contributed by atoms with van der Waals surface area (Å²) in [7, 11) is 2.21. The molecule has 0 aliphatic carbocycles. The van der Waals surface area contributed by atoms with Gasteiger partial charge >= 0.3 is 0 Å². The van der Waals surface area contributed by atoms with Gasteiger partial charge in [0.2, 0.25) is 0 Å². The van der Waals surface area contributed by atoms with Gasteiger partial charge in [-0.05, 0) is 19.8 Å². The minimum absolute atomic E-state index is 0.720. The molecule has 1 fully saturated rings. The monoisotopic (exact) mass is 160 g/mol. The Hall–Kier alpha value is 0.310. The Morgan fingerprint density at radius 3 is 2.40 bits per heavy atom. The molecular formula is C8H18NS+. The third kappa shape index (κ3) is 1.48. The molecule has 3 atom stereocenters. The van der Waals surface area contributed by atoms with Crippen molar-refractivity contribution >= 4 is 12.8 Å². The number of nitrogens with zero attached hydrogens (tertiary/aromatic N) is 1. The maximum Gasteiger partial charge on any atom is 0.0989 e. The summed E-state index contributed by atoms with van der Waals surface area (Å²) < 4.78 is 0.918. The van der Waals surface area contributed by atoms with Gasteiger partial charge in [-0.2, -0.15) is 0 Å². The molecule has 1 aliphatic rings. The van der Waals surface area contributed by atoms with Crippen molar-refractivity contribution in [2.75, 3.05) is 13.6 Å². The van der Waals surface area contributed by atoms with E-state index >= 15 is 0 Å². The lowest BCUT2D eigenvalue weighted by Crippen LogP contribution is -2.49. The van der Waals surface area contributed by atoms with E-state index in [4.69, 9.17) is 0 Å². The third-order valence-corrected chi connectivity index (χ3v) is 3.54. The number of quaternary nitrogens is 1. The zero-order valence-corrected chi connectivity index (χ0v) is 8.06. The van der Waals surface area contributed by atoms with E-state index in [1.54, 1.807) is 0 Å². The summed E-state index contributed by atoms with van der Waals surface area (Å²) in [5.41, 5.74) is 0. The molecule has 0 saturated carbocycles. The van der Waals surface area contributed by atoms with Crippen LogP contribution in [0.5, 0.6) is 0 Å². The molecule has 0 aromatic carbocycles. The lowest BCUT2D eigenvalue weighted by Gasteiger charge is -2.40. The molecule has 0 spiro atoms. The van der Waals surface area contributed by atoms with Crippen LogP contribution in [0.25, 0.3) is 0 Å². The van der Waals surface area contributed by atoms with Crippen LogP contribution in [-0.2, 0) is 0 Å². The van der Waals surface area contributed by atoms with E-state index in [-0.39, 0.29) is 0 Å². The maximum atomic E-state index is 4.61. The SMILES string of the molecule is CC1CCC[N+](C)(S)C1C. The second kappa shape index (κ2) is 2.74. The van der Waals surface area contributed by atoms with E-state index in [1.165, 1.54) is 19.4 Å². The van der Waals surface area contributed by atoms with Crippen molar-refractivity contribution in [1.29, 1.82) is 0 Å². The summed E-state index contributed by atoms with van der Waals surface area (Å²) in [5.74, 6) is 0.844. The van der Waals surface area contributed by atoms with Gasteiger partial charge in [-0.3, -0.25) is 3.89 Å². The van der Waals surface area contributed by atoms with Crippen molar-refractivity contribution in [3.8, 4) is 0 Å². The fraction of sp³-hybridized carbons (Fsp3) is 1.00. The van der Waals surface area contributed by atoms with Gasteiger partial charge in [0, 0.05) is 5.92 Å². The van der Waals surface area contributed by atoms with Gasteiger partial charge in [-0.1, -0.05) is 6.92 Å². The molecule has 1 nitrogen and oxygen atoms in total. The number of thiol groups is 1. The van der Waals surface area contributed by atoms with Crippen LogP contribution < -0.4 is 0 Å². The molecule has 1 rings (SSSR count). The second-order valence-corrected chi connectivity index (χ2v) is 4.71. The van der Waals surface area contributed by atoms with Crippen LogP contribution in [0.15, 0.2) is 0 Å². The molecule has 10 heavy (non-hydrogen) atoms. The summed E-state index contributed by atoms with van der Waals surface area (Å²) >= 11 is 4.61. The highest BCUT2D eigenvalue weighted by molar-refractivity contribution is 7.74. The molecule has 1 aliphatic heterocycles. The topological polar surface area (TPSA) is 0 Å². The van der Waals surface area contributed by atoms with Crippen LogP contribution in [0.1, 0.15) is 26.7 Å². The predicted molar refractivity (Wildman–Crippen MR) is 47.9 cm³/mol. The highest BCUT2D eigenvalue weighted by Crippen LogP contribution is 2.29. The first-order valence-electron chi connectivity index (χ1n) is 4.12. The Balaban J connectivity index is 2.60. The van der Waals surface area contributed by atoms with E-state index in [2.05, 4.69) is 33.7 Å². The van der Waals surface area contributed by atoms with E-state index in [9.17, 15) is 0 Å². The van der Waals surface area contributed by atoms with Gasteiger partial charge in [0.25, 0.3) is 0 Å². The zero-order valence-electron chi connectivity index (χ0n) is 7.17. The van der Waals surface area contributed by atoms with Crippen LogP contribution in [0.2, 0.25) is 0 Å². The quantitative estimate of drug-likeness (QED) is 0.407. The van der Waals surface area contributed by atoms with Gasteiger partial charge in [0.15, 0.2) is 0 Å². The van der Waals surface area contributed by atoms with Gasteiger partial charge in [-0.15, -0.1) is 0 Å². The van der Waals surface area contributed by atoms with Crippen molar-refractivity contribution in [3.05, 3.63) is 0 Å². The minimum atomic E-state index is 0.720. The van der Waals surface area contributed by atoms with Crippen LogP contribution in [0.3, 0.4) is 0 Å². The highest BCUT2D eigenvalue weighted by atomic mass is 32.1. The second-order valence-electron chi connectivity index (χ2n) is 3.80. The molecule has 0 amide bonds. The molecule has 2 heteroatoms. The van der Waals surface area contributed by atoms with Gasteiger partial charge < -0.3 is 0 Å². The zero-order chi connectivity index (χ0) is 7.78. The lowest BCUT2D eigenvalue weighted by molar-refractivity contribution is -0.808. The van der Waals surface area contributed by atoms with E-state index in [0.717, 1.165) is 15.8 Å². The van der Waals surface area contributed by atoms with Crippen molar-refractivity contribution < 1.29 is 3.89 Å². The Morgan fingerprint density at radius 2 is 2.00 bits per heavy atom. The van der Waals surface area contributed by atoms with Crippen LogP contribution in [0, 0.1) is 5.92 Å². The van der Waals surface area contributed by atoms with Crippen molar-refractivity contribution in [3.63, 3.8) is 0 Å². The summed E-state index contributed by atoms with van der Waals surface area (Å²) in [4.78, 5) is 0. The number of hydrogen-bond acceptors (Lipinski definition) is 1. The number of hydrogen-bond donors (Lipinski definition) is 1. The molecule has 0 N–H and O–H groups in total. The number of piperidine rings is 1. The summed E-state index contributed by atoms with van der Waals surface area (Å²) in [6, 6.07) is 0.720. The standard InChI is InChI=1S/C8H18NS/c1-7-5-4-6-9(3,10)8(7)2/h7-8,10H,4-6H2,1-3H3/q+1. The van der Waals surface area contributed by atoms with E-state index < -0.39 is 0 Å². The molecule has 0 aromatic rings. The molecule has 1 heterocycles. The number of rotatable bonds is 0.